The minimum atomic E-state index is -5.66. The summed E-state index contributed by atoms with van der Waals surface area (Å²) in [5.41, 5.74) is 6.03. The second kappa shape index (κ2) is 10.4. The Morgan fingerprint density at radius 2 is 1.64 bits per heavy atom. The second-order valence-corrected chi connectivity index (χ2v) is 12.6. The van der Waals surface area contributed by atoms with E-state index < -0.39 is 85.8 Å². The van der Waals surface area contributed by atoms with E-state index in [1.807, 2.05) is 0 Å². The molecule has 3 unspecified atom stereocenters. The summed E-state index contributed by atoms with van der Waals surface area (Å²) in [6, 6.07) is 0. The van der Waals surface area contributed by atoms with Gasteiger partial charge in [-0.1, -0.05) is 0 Å². The maximum Gasteiger partial charge on any atom is 0.274 e. The van der Waals surface area contributed by atoms with Crippen LogP contribution >= 0.6 is 23.5 Å². The Kier molecular flexibility index (Phi) is 7.75. The summed E-state index contributed by atoms with van der Waals surface area (Å²) < 4.78 is 68.7. The van der Waals surface area contributed by atoms with Gasteiger partial charge in [0.25, 0.3) is 23.5 Å². The Balaban J connectivity index is 1.15. The van der Waals surface area contributed by atoms with Gasteiger partial charge in [-0.2, -0.15) is 0 Å². The molecule has 21 nitrogen and oxygen atoms in total. The Morgan fingerprint density at radius 3 is 2.28 bits per heavy atom. The minimum absolute atomic E-state index is 0.0344. The van der Waals surface area contributed by atoms with Crippen molar-refractivity contribution in [2.24, 2.45) is 0 Å². The molecule has 2 aromatic rings. The molecule has 5 rings (SSSR count). The first-order valence-corrected chi connectivity index (χ1v) is 15.1. The lowest BCUT2D eigenvalue weighted by molar-refractivity contribution is -0.248. The molecule has 0 bridgehead atoms. The maximum atomic E-state index is 12.1. The zero-order valence-electron chi connectivity index (χ0n) is 19.0. The molecule has 39 heavy (non-hydrogen) atoms. The normalized spacial score (nSPS) is 39.5. The lowest BCUT2D eigenvalue weighted by Crippen LogP contribution is -2.34. The van der Waals surface area contributed by atoms with Crippen molar-refractivity contribution in [3.63, 3.8) is 0 Å². The van der Waals surface area contributed by atoms with Gasteiger partial charge in [-0.25, -0.2) is 19.3 Å². The summed E-state index contributed by atoms with van der Waals surface area (Å²) >= 11 is 0. The number of nitrogen functional groups attached to an aromatic ring is 1. The summed E-state index contributed by atoms with van der Waals surface area (Å²) in [5.74, 6) is 0.0344. The molecule has 3 aliphatic heterocycles. The molecule has 0 amide bonds. The van der Waals surface area contributed by atoms with E-state index in [9.17, 15) is 43.7 Å². The van der Waals surface area contributed by atoms with E-state index in [0.29, 0.717) is 0 Å². The minimum Gasteiger partial charge on any atom is -0.756 e. The van der Waals surface area contributed by atoms with Gasteiger partial charge in [-0.05, 0) is 0 Å². The fraction of sp³-hybridized carbons (Fsp3) is 0.667. The molecular weight excluding hydrogens is 599 g/mol. The lowest BCUT2D eigenvalue weighted by atomic mass is 10.1. The van der Waals surface area contributed by atoms with Crippen molar-refractivity contribution in [1.29, 1.82) is 0 Å². The lowest BCUT2D eigenvalue weighted by Gasteiger charge is -2.32. The topological polar surface area (TPSA) is 315 Å². The second-order valence-electron chi connectivity index (χ2n) is 8.35. The third-order valence-electron chi connectivity index (χ3n) is 5.77. The molecule has 2 aromatic heterocycles. The van der Waals surface area contributed by atoms with Crippen LogP contribution in [0.1, 0.15) is 6.23 Å². The molecule has 3 saturated heterocycles. The van der Waals surface area contributed by atoms with Crippen LogP contribution in [-0.4, -0.2) is 91.0 Å². The number of nitrogens with zero attached hydrogens (tertiary/aromatic N) is 4. The average molecular weight is 618 g/mol. The van der Waals surface area contributed by atoms with Crippen LogP contribution in [0.5, 0.6) is 0 Å². The first-order chi connectivity index (χ1) is 18.2. The zero-order valence-corrected chi connectivity index (χ0v) is 21.7. The Morgan fingerprint density at radius 1 is 1.00 bits per heavy atom. The SMILES string of the molecule is Nc1ncnc2c1ncn2[C@@H]1O[C@H](COP(=O)([O-])OP(=O)([O-])OC[C@H]2O[C@@H]3OP(=O)([O-])O[C@@H]3[C@@H]2O)[C@@H](O)[C@H]1O. The third kappa shape index (κ3) is 5.95. The molecule has 0 spiro atoms. The van der Waals surface area contributed by atoms with Crippen LogP contribution in [0.3, 0.4) is 0 Å². The van der Waals surface area contributed by atoms with Crippen LogP contribution in [-0.2, 0) is 45.6 Å². The number of ether oxygens (including phenoxy) is 2. The average Bonchev–Trinajstić information content (AvgIpc) is 3.54. The number of anilines is 1. The van der Waals surface area contributed by atoms with Crippen LogP contribution in [0.4, 0.5) is 5.82 Å². The van der Waals surface area contributed by atoms with E-state index >= 15 is 0 Å². The van der Waals surface area contributed by atoms with Gasteiger partial charge in [0.05, 0.1) is 19.5 Å². The molecule has 5 heterocycles. The van der Waals surface area contributed by atoms with Gasteiger partial charge < -0.3 is 58.8 Å². The highest BCUT2D eigenvalue weighted by Crippen LogP contribution is 2.57. The van der Waals surface area contributed by atoms with Crippen molar-refractivity contribution in [1.82, 2.24) is 19.5 Å². The molecular formula is C15H19N5O16P3-3. The van der Waals surface area contributed by atoms with Gasteiger partial charge in [0.15, 0.2) is 24.0 Å². The van der Waals surface area contributed by atoms with Crippen molar-refractivity contribution >= 4 is 40.4 Å². The molecule has 11 atom stereocenters. The van der Waals surface area contributed by atoms with Gasteiger partial charge in [0.2, 0.25) is 0 Å². The smallest absolute Gasteiger partial charge is 0.274 e. The van der Waals surface area contributed by atoms with Crippen molar-refractivity contribution in [2.75, 3.05) is 18.9 Å². The monoisotopic (exact) mass is 618 g/mol. The van der Waals surface area contributed by atoms with Crippen LogP contribution in [0.25, 0.3) is 11.2 Å². The quantitative estimate of drug-likeness (QED) is 0.194. The van der Waals surface area contributed by atoms with Crippen LogP contribution in [0, 0.1) is 0 Å². The number of fused-ring (bicyclic) bond motifs is 2. The molecule has 24 heteroatoms. The zero-order chi connectivity index (χ0) is 28.3. The summed E-state index contributed by atoms with van der Waals surface area (Å²) in [4.78, 5) is 47.1. The third-order valence-corrected chi connectivity index (χ3v) is 9.27. The summed E-state index contributed by atoms with van der Waals surface area (Å²) in [6.07, 6.45) is -10.0. The van der Waals surface area contributed by atoms with E-state index in [0.717, 1.165) is 6.33 Å². The number of hydrogen-bond donors (Lipinski definition) is 4. The molecule has 218 valence electrons. The van der Waals surface area contributed by atoms with E-state index in [1.165, 1.54) is 10.9 Å². The number of imidazole rings is 1. The molecule has 0 saturated carbocycles. The first-order valence-electron chi connectivity index (χ1n) is 10.7. The maximum absolute atomic E-state index is 12.1. The molecule has 3 fully saturated rings. The molecule has 3 aliphatic rings. The predicted octanol–water partition coefficient (Wildman–Crippen LogP) is -4.02. The van der Waals surface area contributed by atoms with Gasteiger partial charge in [-0.3, -0.25) is 22.8 Å². The highest BCUT2D eigenvalue weighted by molar-refractivity contribution is 7.59. The molecule has 0 radical (unpaired) electrons. The number of aliphatic hydroxyl groups excluding tert-OH is 3. The van der Waals surface area contributed by atoms with Gasteiger partial charge in [0.1, 0.15) is 48.5 Å². The van der Waals surface area contributed by atoms with E-state index in [4.69, 9.17) is 15.2 Å². The highest BCUT2D eigenvalue weighted by atomic mass is 31.3. The Bertz CT molecular complexity index is 1380. The fourth-order valence-corrected chi connectivity index (χ4v) is 7.00. The number of rotatable bonds is 9. The Labute approximate surface area is 216 Å². The van der Waals surface area contributed by atoms with E-state index in [2.05, 4.69) is 37.4 Å². The van der Waals surface area contributed by atoms with E-state index in [1.54, 1.807) is 0 Å². The number of phosphoric acid groups is 3. The Hall–Kier alpha value is -1.48. The predicted molar refractivity (Wildman–Crippen MR) is 112 cm³/mol. The first kappa shape index (κ1) is 29.0. The fourth-order valence-electron chi connectivity index (χ4n) is 3.99. The van der Waals surface area contributed by atoms with Crippen LogP contribution < -0.4 is 20.4 Å². The standard InChI is InChI=1S/C15H22N5O16P3/c16-12-7-13(18-3-17-12)20(4-19-7)14-10(23)8(21)5(32-14)1-30-37(24,25)36-38(26,27)31-2-6-9(22)11-15(33-6)35-39(28,29)34-11/h3-6,8-11,14-15,21-23H,1-2H2,(H,24,25)(H,26,27)(H,28,29)(H2,16,17,18)/p-3/t5-,6-,8-,9-,10-,11-,14-,15-/m1/s1. The van der Waals surface area contributed by atoms with Gasteiger partial charge in [-0.15, -0.1) is 0 Å². The largest absolute Gasteiger partial charge is 0.756 e. The number of hydrogen-bond acceptors (Lipinski definition) is 20. The van der Waals surface area contributed by atoms with Gasteiger partial charge >= 0.3 is 0 Å². The number of phosphoric ester groups is 3. The number of aliphatic hydroxyl groups is 3. The summed E-state index contributed by atoms with van der Waals surface area (Å²) in [6.45, 7) is -1.99. The van der Waals surface area contributed by atoms with Crippen molar-refractivity contribution < 1.29 is 75.6 Å². The van der Waals surface area contributed by atoms with Gasteiger partial charge in [0, 0.05) is 0 Å². The number of aromatic nitrogens is 4. The van der Waals surface area contributed by atoms with Crippen LogP contribution in [0.2, 0.25) is 0 Å². The summed E-state index contributed by atoms with van der Waals surface area (Å²) in [5, 5.41) is 30.7. The number of nitrogens with two attached hydrogens (primary N) is 1. The molecule has 0 aliphatic carbocycles. The van der Waals surface area contributed by atoms with Crippen molar-refractivity contribution in [2.45, 2.75) is 49.1 Å². The van der Waals surface area contributed by atoms with Crippen LogP contribution in [0.15, 0.2) is 12.7 Å². The summed E-state index contributed by atoms with van der Waals surface area (Å²) in [7, 11) is -16.0. The molecule has 5 N–H and O–H groups in total. The van der Waals surface area contributed by atoms with Crippen molar-refractivity contribution in [3.05, 3.63) is 12.7 Å². The van der Waals surface area contributed by atoms with Crippen molar-refractivity contribution in [3.8, 4) is 0 Å². The molecule has 0 aromatic carbocycles. The van der Waals surface area contributed by atoms with E-state index in [-0.39, 0.29) is 17.0 Å². The highest BCUT2D eigenvalue weighted by Gasteiger charge is 2.53.